The number of benzene rings is 2. The van der Waals surface area contributed by atoms with Crippen LogP contribution in [0.1, 0.15) is 27.2 Å². The Balaban J connectivity index is 0.00000127. The summed E-state index contributed by atoms with van der Waals surface area (Å²) in [4.78, 5) is 0. The molecule has 1 nitrogen and oxygen atoms in total. The van der Waals surface area contributed by atoms with Crippen LogP contribution in [0.2, 0.25) is 0 Å². The molecule has 23 heavy (non-hydrogen) atoms. The smallest absolute Gasteiger partial charge is 0.146 e. The average molecular weight is 326 g/mol. The van der Waals surface area contributed by atoms with Gasteiger partial charge in [0.05, 0.1) is 0 Å². The third-order valence-electron chi connectivity index (χ3n) is 3.33. The molecule has 0 unspecified atom stereocenters. The molecule has 2 aromatic rings. The van der Waals surface area contributed by atoms with Crippen LogP contribution in [-0.4, -0.2) is 6.16 Å². The largest absolute Gasteiger partial charge is 0.313 e. The van der Waals surface area contributed by atoms with Crippen LogP contribution >= 0.6 is 7.14 Å². The van der Waals surface area contributed by atoms with Crippen molar-refractivity contribution in [2.75, 3.05) is 6.16 Å². The van der Waals surface area contributed by atoms with E-state index in [0.717, 1.165) is 17.0 Å². The summed E-state index contributed by atoms with van der Waals surface area (Å²) in [5.41, 5.74) is 0. The second kappa shape index (κ2) is 10.8. The molecule has 0 atom stereocenters. The summed E-state index contributed by atoms with van der Waals surface area (Å²) in [6.45, 7) is 6.10. The minimum Gasteiger partial charge on any atom is -0.313 e. The Kier molecular flexibility index (Phi) is 9.02. The van der Waals surface area contributed by atoms with E-state index in [1.165, 1.54) is 0 Å². The van der Waals surface area contributed by atoms with Crippen molar-refractivity contribution in [2.24, 2.45) is 0 Å². The molecular weight excluding hydrogens is 299 g/mol. The van der Waals surface area contributed by atoms with E-state index in [-0.39, 0.29) is 0 Å². The Morgan fingerprint density at radius 3 is 1.65 bits per heavy atom. The molecule has 0 aliphatic rings. The SMILES string of the molecule is CC.CC/C=C\C=C/CP(=O)(c1ccccc1)c1ccccc1. The van der Waals surface area contributed by atoms with Crippen molar-refractivity contribution in [3.05, 3.63) is 85.0 Å². The predicted molar refractivity (Wildman–Crippen MR) is 105 cm³/mol. The highest BCUT2D eigenvalue weighted by atomic mass is 31.2. The number of rotatable bonds is 6. The van der Waals surface area contributed by atoms with Gasteiger partial charge in [-0.2, -0.15) is 0 Å². The molecule has 0 aromatic heterocycles. The van der Waals surface area contributed by atoms with E-state index in [9.17, 15) is 4.57 Å². The molecule has 0 radical (unpaired) electrons. The van der Waals surface area contributed by atoms with E-state index in [4.69, 9.17) is 0 Å². The molecule has 0 saturated heterocycles. The molecule has 0 spiro atoms. The molecule has 2 heteroatoms. The van der Waals surface area contributed by atoms with Gasteiger partial charge in [0.15, 0.2) is 0 Å². The van der Waals surface area contributed by atoms with Crippen LogP contribution in [0.15, 0.2) is 85.0 Å². The van der Waals surface area contributed by atoms with Gasteiger partial charge >= 0.3 is 0 Å². The number of allylic oxidation sites excluding steroid dienone is 4. The first-order valence-electron chi connectivity index (χ1n) is 8.29. The van der Waals surface area contributed by atoms with Gasteiger partial charge in [-0.25, -0.2) is 0 Å². The molecule has 0 bridgehead atoms. The monoisotopic (exact) mass is 326 g/mol. The molecular formula is C21H27OP. The van der Waals surface area contributed by atoms with E-state index in [1.54, 1.807) is 0 Å². The summed E-state index contributed by atoms with van der Waals surface area (Å²) < 4.78 is 13.6. The van der Waals surface area contributed by atoms with Crippen molar-refractivity contribution in [1.29, 1.82) is 0 Å². The van der Waals surface area contributed by atoms with Crippen molar-refractivity contribution in [2.45, 2.75) is 27.2 Å². The first-order valence-corrected chi connectivity index (χ1v) is 10.2. The summed E-state index contributed by atoms with van der Waals surface area (Å²) in [5.74, 6) is 0. The first-order chi connectivity index (χ1) is 11.3. The maximum absolute atomic E-state index is 13.6. The van der Waals surface area contributed by atoms with Crippen LogP contribution in [0.5, 0.6) is 0 Å². The highest BCUT2D eigenvalue weighted by molar-refractivity contribution is 7.78. The molecule has 2 aromatic carbocycles. The summed E-state index contributed by atoms with van der Waals surface area (Å²) >= 11 is 0. The predicted octanol–water partition coefficient (Wildman–Crippen LogP) is 5.55. The fourth-order valence-electron chi connectivity index (χ4n) is 2.20. The molecule has 0 aliphatic heterocycles. The fraction of sp³-hybridized carbons (Fsp3) is 0.238. The summed E-state index contributed by atoms with van der Waals surface area (Å²) in [7, 11) is -2.59. The summed E-state index contributed by atoms with van der Waals surface area (Å²) in [6.07, 6.45) is 9.66. The molecule has 0 heterocycles. The second-order valence-corrected chi connectivity index (χ2v) is 7.74. The van der Waals surface area contributed by atoms with Gasteiger partial charge in [0, 0.05) is 16.8 Å². The standard InChI is InChI=1S/C19H21OP.C2H6/c1-2-3-4-5-12-17-21(20,18-13-8-6-9-14-18)19-15-10-7-11-16-19;1-2/h3-16H,2,17H2,1H3;1-2H3/b4-3-,12-5-;. The normalized spacial score (nSPS) is 11.4. The lowest BCUT2D eigenvalue weighted by Crippen LogP contribution is -2.17. The van der Waals surface area contributed by atoms with Gasteiger partial charge in [0.25, 0.3) is 0 Å². The Morgan fingerprint density at radius 1 is 0.783 bits per heavy atom. The minimum absolute atomic E-state index is 0.551. The highest BCUT2D eigenvalue weighted by Crippen LogP contribution is 2.43. The van der Waals surface area contributed by atoms with E-state index in [1.807, 2.05) is 92.7 Å². The van der Waals surface area contributed by atoms with Crippen molar-refractivity contribution >= 4 is 17.8 Å². The molecule has 0 aliphatic carbocycles. The minimum atomic E-state index is -2.59. The summed E-state index contributed by atoms with van der Waals surface area (Å²) in [6, 6.07) is 19.6. The van der Waals surface area contributed by atoms with Crippen LogP contribution in [0.25, 0.3) is 0 Å². The summed E-state index contributed by atoms with van der Waals surface area (Å²) in [5, 5.41) is 1.83. The van der Waals surface area contributed by atoms with Gasteiger partial charge in [-0.3, -0.25) is 0 Å². The van der Waals surface area contributed by atoms with E-state index >= 15 is 0 Å². The first kappa shape index (κ1) is 19.2. The lowest BCUT2D eigenvalue weighted by molar-refractivity contribution is 0.588. The fourth-order valence-corrected chi connectivity index (χ4v) is 4.65. The molecule has 2 rings (SSSR count). The molecule has 122 valence electrons. The van der Waals surface area contributed by atoms with Crippen molar-refractivity contribution < 1.29 is 4.57 Å². The average Bonchev–Trinajstić information content (AvgIpc) is 2.64. The second-order valence-electron chi connectivity index (χ2n) is 4.86. The van der Waals surface area contributed by atoms with Crippen molar-refractivity contribution in [3.8, 4) is 0 Å². The molecule has 0 saturated carbocycles. The number of hydrogen-bond acceptors (Lipinski definition) is 1. The Hall–Kier alpha value is -1.85. The van der Waals surface area contributed by atoms with Crippen molar-refractivity contribution in [1.82, 2.24) is 0 Å². The zero-order chi connectivity index (χ0) is 17.0. The lowest BCUT2D eigenvalue weighted by atomic mass is 10.4. The molecule has 0 amide bonds. The van der Waals surface area contributed by atoms with Gasteiger partial charge in [0.2, 0.25) is 0 Å². The van der Waals surface area contributed by atoms with E-state index in [2.05, 4.69) is 13.0 Å². The number of hydrogen-bond donors (Lipinski definition) is 0. The Bertz CT molecular complexity index is 599. The highest BCUT2D eigenvalue weighted by Gasteiger charge is 2.25. The topological polar surface area (TPSA) is 17.1 Å². The van der Waals surface area contributed by atoms with Gasteiger partial charge in [-0.15, -0.1) is 0 Å². The van der Waals surface area contributed by atoms with Crippen LogP contribution in [-0.2, 0) is 4.57 Å². The Labute approximate surface area is 141 Å². The van der Waals surface area contributed by atoms with Crippen LogP contribution < -0.4 is 10.6 Å². The van der Waals surface area contributed by atoms with Gasteiger partial charge in [-0.05, 0) is 6.42 Å². The van der Waals surface area contributed by atoms with Crippen molar-refractivity contribution in [3.63, 3.8) is 0 Å². The van der Waals surface area contributed by atoms with Crippen LogP contribution in [0.3, 0.4) is 0 Å². The van der Waals surface area contributed by atoms with Gasteiger partial charge in [0.1, 0.15) is 7.14 Å². The van der Waals surface area contributed by atoms with Crippen LogP contribution in [0, 0.1) is 0 Å². The maximum atomic E-state index is 13.6. The quantitative estimate of drug-likeness (QED) is 0.502. The lowest BCUT2D eigenvalue weighted by Gasteiger charge is -2.17. The third-order valence-corrected chi connectivity index (χ3v) is 6.32. The zero-order valence-corrected chi connectivity index (χ0v) is 15.2. The van der Waals surface area contributed by atoms with Gasteiger partial charge in [-0.1, -0.05) is 106 Å². The van der Waals surface area contributed by atoms with E-state index < -0.39 is 7.14 Å². The molecule has 0 N–H and O–H groups in total. The van der Waals surface area contributed by atoms with E-state index in [0.29, 0.717) is 6.16 Å². The Morgan fingerprint density at radius 2 is 1.22 bits per heavy atom. The third kappa shape index (κ3) is 5.69. The van der Waals surface area contributed by atoms with Gasteiger partial charge < -0.3 is 4.57 Å². The zero-order valence-electron chi connectivity index (χ0n) is 14.4. The molecule has 0 fully saturated rings. The van der Waals surface area contributed by atoms with Crippen LogP contribution in [0.4, 0.5) is 0 Å². The maximum Gasteiger partial charge on any atom is 0.146 e.